The molecule has 0 aliphatic heterocycles. The van der Waals surface area contributed by atoms with Crippen molar-refractivity contribution in [2.24, 2.45) is 0 Å². The summed E-state index contributed by atoms with van der Waals surface area (Å²) in [6, 6.07) is 6.21. The molecule has 0 saturated heterocycles. The molecule has 2 heteroatoms. The third-order valence-electron chi connectivity index (χ3n) is 1.62. The van der Waals surface area contributed by atoms with Gasteiger partial charge in [-0.25, -0.2) is 0 Å². The SMILES string of the molecule is C=CCNc1ccc(C)c(Br)c1. The maximum atomic E-state index is 3.64. The number of benzene rings is 1. The van der Waals surface area contributed by atoms with Gasteiger partial charge in [0.15, 0.2) is 0 Å². The van der Waals surface area contributed by atoms with Crippen LogP contribution in [0.5, 0.6) is 0 Å². The first kappa shape index (κ1) is 9.33. The van der Waals surface area contributed by atoms with Gasteiger partial charge in [0.2, 0.25) is 0 Å². The molecule has 1 aromatic rings. The summed E-state index contributed by atoms with van der Waals surface area (Å²) in [5.74, 6) is 0. The van der Waals surface area contributed by atoms with Crippen molar-refractivity contribution in [2.45, 2.75) is 6.92 Å². The van der Waals surface area contributed by atoms with Crippen LogP contribution in [-0.4, -0.2) is 6.54 Å². The largest absolute Gasteiger partial charge is 0.382 e. The molecule has 1 aromatic carbocycles. The van der Waals surface area contributed by atoms with Crippen LogP contribution >= 0.6 is 15.9 Å². The highest BCUT2D eigenvalue weighted by Crippen LogP contribution is 2.20. The van der Waals surface area contributed by atoms with Crippen LogP contribution in [-0.2, 0) is 0 Å². The molecule has 0 aliphatic carbocycles. The van der Waals surface area contributed by atoms with Crippen LogP contribution in [0.4, 0.5) is 5.69 Å². The minimum atomic E-state index is 0.801. The van der Waals surface area contributed by atoms with E-state index >= 15 is 0 Å². The Hall–Kier alpha value is -0.760. The summed E-state index contributed by atoms with van der Waals surface area (Å²) in [7, 11) is 0. The summed E-state index contributed by atoms with van der Waals surface area (Å²) in [5.41, 5.74) is 2.37. The van der Waals surface area contributed by atoms with Gasteiger partial charge in [-0.2, -0.15) is 0 Å². The first-order chi connectivity index (χ1) is 5.74. The molecule has 0 radical (unpaired) electrons. The van der Waals surface area contributed by atoms with Gasteiger partial charge >= 0.3 is 0 Å². The smallest absolute Gasteiger partial charge is 0.0354 e. The fraction of sp³-hybridized carbons (Fsp3) is 0.200. The van der Waals surface area contributed by atoms with E-state index in [1.165, 1.54) is 5.56 Å². The molecule has 0 heterocycles. The van der Waals surface area contributed by atoms with Crippen LogP contribution in [0, 0.1) is 6.92 Å². The summed E-state index contributed by atoms with van der Waals surface area (Å²) in [4.78, 5) is 0. The second-order valence-corrected chi connectivity index (χ2v) is 3.49. The van der Waals surface area contributed by atoms with Crippen molar-refractivity contribution in [3.63, 3.8) is 0 Å². The maximum Gasteiger partial charge on any atom is 0.0354 e. The highest BCUT2D eigenvalue weighted by molar-refractivity contribution is 9.10. The lowest BCUT2D eigenvalue weighted by atomic mass is 10.2. The summed E-state index contributed by atoms with van der Waals surface area (Å²) in [5, 5.41) is 3.21. The highest BCUT2D eigenvalue weighted by atomic mass is 79.9. The van der Waals surface area contributed by atoms with Crippen molar-refractivity contribution in [2.75, 3.05) is 11.9 Å². The third kappa shape index (κ3) is 2.38. The fourth-order valence-corrected chi connectivity index (χ4v) is 1.27. The van der Waals surface area contributed by atoms with E-state index in [1.54, 1.807) is 0 Å². The Morgan fingerprint density at radius 2 is 2.33 bits per heavy atom. The Balaban J connectivity index is 2.75. The summed E-state index contributed by atoms with van der Waals surface area (Å²) >= 11 is 3.47. The molecule has 0 spiro atoms. The number of hydrogen-bond donors (Lipinski definition) is 1. The van der Waals surface area contributed by atoms with Gasteiger partial charge in [-0.1, -0.05) is 28.1 Å². The standard InChI is InChI=1S/C10H12BrN/c1-3-6-12-9-5-4-8(2)10(11)7-9/h3-5,7,12H,1,6H2,2H3. The highest BCUT2D eigenvalue weighted by Gasteiger charge is 1.94. The average Bonchev–Trinajstić information content (AvgIpc) is 2.07. The fourth-order valence-electron chi connectivity index (χ4n) is 0.893. The normalized spacial score (nSPS) is 9.50. The van der Waals surface area contributed by atoms with E-state index < -0.39 is 0 Å². The van der Waals surface area contributed by atoms with Gasteiger partial charge in [0, 0.05) is 16.7 Å². The second-order valence-electron chi connectivity index (χ2n) is 2.63. The topological polar surface area (TPSA) is 12.0 Å². The van der Waals surface area contributed by atoms with E-state index in [0.29, 0.717) is 0 Å². The van der Waals surface area contributed by atoms with E-state index in [4.69, 9.17) is 0 Å². The van der Waals surface area contributed by atoms with E-state index in [1.807, 2.05) is 6.08 Å². The van der Waals surface area contributed by atoms with Crippen molar-refractivity contribution in [1.82, 2.24) is 0 Å². The molecule has 0 bridgehead atoms. The molecular weight excluding hydrogens is 214 g/mol. The molecule has 1 rings (SSSR count). The van der Waals surface area contributed by atoms with Gasteiger partial charge in [0.1, 0.15) is 0 Å². The predicted molar refractivity (Wildman–Crippen MR) is 57.6 cm³/mol. The van der Waals surface area contributed by atoms with Crippen LogP contribution in [0.25, 0.3) is 0 Å². The Labute approximate surface area is 81.6 Å². The quantitative estimate of drug-likeness (QED) is 0.779. The molecule has 0 aliphatic rings. The zero-order valence-corrected chi connectivity index (χ0v) is 8.69. The molecule has 64 valence electrons. The number of anilines is 1. The molecule has 1 N–H and O–H groups in total. The predicted octanol–water partition coefficient (Wildman–Crippen LogP) is 3.36. The lowest BCUT2D eigenvalue weighted by Gasteiger charge is -2.04. The first-order valence-corrected chi connectivity index (χ1v) is 4.64. The van der Waals surface area contributed by atoms with Gasteiger partial charge in [-0.15, -0.1) is 6.58 Å². The van der Waals surface area contributed by atoms with Crippen LogP contribution in [0.1, 0.15) is 5.56 Å². The number of halogens is 1. The van der Waals surface area contributed by atoms with E-state index in [9.17, 15) is 0 Å². The van der Waals surface area contributed by atoms with Crippen LogP contribution < -0.4 is 5.32 Å². The minimum Gasteiger partial charge on any atom is -0.382 e. The van der Waals surface area contributed by atoms with Gasteiger partial charge in [-0.05, 0) is 24.6 Å². The number of nitrogens with one attached hydrogen (secondary N) is 1. The van der Waals surface area contributed by atoms with Crippen molar-refractivity contribution < 1.29 is 0 Å². The first-order valence-electron chi connectivity index (χ1n) is 3.85. The number of rotatable bonds is 3. The molecule has 0 fully saturated rings. The summed E-state index contributed by atoms with van der Waals surface area (Å²) < 4.78 is 1.14. The zero-order valence-electron chi connectivity index (χ0n) is 7.10. The van der Waals surface area contributed by atoms with E-state index in [0.717, 1.165) is 16.7 Å². The summed E-state index contributed by atoms with van der Waals surface area (Å²) in [6.45, 7) is 6.51. The molecule has 12 heavy (non-hydrogen) atoms. The van der Waals surface area contributed by atoms with Crippen LogP contribution in [0.3, 0.4) is 0 Å². The van der Waals surface area contributed by atoms with Gasteiger partial charge in [0.25, 0.3) is 0 Å². The molecule has 0 unspecified atom stereocenters. The van der Waals surface area contributed by atoms with Crippen LogP contribution in [0.2, 0.25) is 0 Å². The van der Waals surface area contributed by atoms with Crippen molar-refractivity contribution in [3.8, 4) is 0 Å². The maximum absolute atomic E-state index is 3.64. The Morgan fingerprint density at radius 1 is 1.58 bits per heavy atom. The molecule has 1 nitrogen and oxygen atoms in total. The van der Waals surface area contributed by atoms with Crippen molar-refractivity contribution in [3.05, 3.63) is 40.9 Å². The monoisotopic (exact) mass is 225 g/mol. The van der Waals surface area contributed by atoms with Gasteiger partial charge in [-0.3, -0.25) is 0 Å². The Kier molecular flexibility index (Phi) is 3.35. The Bertz CT molecular complexity index is 281. The molecule has 0 saturated carbocycles. The third-order valence-corrected chi connectivity index (χ3v) is 2.48. The molecule has 0 amide bonds. The molecule has 0 atom stereocenters. The average molecular weight is 226 g/mol. The minimum absolute atomic E-state index is 0.801. The van der Waals surface area contributed by atoms with Gasteiger partial charge in [0.05, 0.1) is 0 Å². The molecule has 0 aromatic heterocycles. The number of hydrogen-bond acceptors (Lipinski definition) is 1. The molecular formula is C10H12BrN. The van der Waals surface area contributed by atoms with E-state index in [-0.39, 0.29) is 0 Å². The second kappa shape index (κ2) is 4.31. The van der Waals surface area contributed by atoms with Crippen molar-refractivity contribution >= 4 is 21.6 Å². The summed E-state index contributed by atoms with van der Waals surface area (Å²) in [6.07, 6.45) is 1.84. The lowest BCUT2D eigenvalue weighted by molar-refractivity contribution is 1.32. The lowest BCUT2D eigenvalue weighted by Crippen LogP contribution is -1.97. The zero-order chi connectivity index (χ0) is 8.97. The Morgan fingerprint density at radius 3 is 2.92 bits per heavy atom. The number of aryl methyl sites for hydroxylation is 1. The van der Waals surface area contributed by atoms with Crippen molar-refractivity contribution in [1.29, 1.82) is 0 Å². The van der Waals surface area contributed by atoms with Gasteiger partial charge < -0.3 is 5.32 Å². The van der Waals surface area contributed by atoms with E-state index in [2.05, 4.69) is 52.9 Å². The van der Waals surface area contributed by atoms with Crippen LogP contribution in [0.15, 0.2) is 35.3 Å².